The van der Waals surface area contributed by atoms with Crippen molar-refractivity contribution < 1.29 is 9.47 Å². The fraction of sp³-hybridized carbons (Fsp3) is 0.474. The normalized spacial score (nSPS) is 12.0. The first kappa shape index (κ1) is 17.3. The summed E-state index contributed by atoms with van der Waals surface area (Å²) in [4.78, 5) is 8.55. The van der Waals surface area contributed by atoms with Gasteiger partial charge in [-0.05, 0) is 45.7 Å². The lowest BCUT2D eigenvalue weighted by Crippen LogP contribution is -2.20. The lowest BCUT2D eigenvalue weighted by atomic mass is 10.1. The summed E-state index contributed by atoms with van der Waals surface area (Å²) >= 11 is 0. The molecule has 1 atom stereocenters. The second-order valence-corrected chi connectivity index (χ2v) is 5.96. The van der Waals surface area contributed by atoms with Gasteiger partial charge in [0.25, 0.3) is 0 Å². The number of aromatic nitrogens is 2. The zero-order chi connectivity index (χ0) is 16.8. The minimum atomic E-state index is 0.0914. The van der Waals surface area contributed by atoms with E-state index in [0.717, 1.165) is 30.0 Å². The van der Waals surface area contributed by atoms with E-state index in [1.165, 1.54) is 11.1 Å². The Balaban J connectivity index is 1.91. The van der Waals surface area contributed by atoms with Gasteiger partial charge in [-0.15, -0.1) is 0 Å². The third-order valence-electron chi connectivity index (χ3n) is 3.81. The van der Waals surface area contributed by atoms with Crippen LogP contribution in [-0.2, 0) is 0 Å². The molecule has 23 heavy (non-hydrogen) atoms. The van der Waals surface area contributed by atoms with Crippen LogP contribution >= 0.6 is 0 Å². The van der Waals surface area contributed by atoms with Crippen molar-refractivity contribution >= 4 is 0 Å². The molecule has 0 saturated heterocycles. The van der Waals surface area contributed by atoms with Crippen molar-refractivity contribution in [3.05, 3.63) is 46.9 Å². The molecule has 4 nitrogen and oxygen atoms in total. The van der Waals surface area contributed by atoms with Gasteiger partial charge in [-0.2, -0.15) is 4.98 Å². The molecule has 0 aliphatic rings. The van der Waals surface area contributed by atoms with Gasteiger partial charge >= 0.3 is 0 Å². The Hall–Kier alpha value is -2.10. The van der Waals surface area contributed by atoms with Crippen molar-refractivity contribution in [3.63, 3.8) is 0 Å². The van der Waals surface area contributed by atoms with E-state index in [1.807, 2.05) is 19.9 Å². The Morgan fingerprint density at radius 1 is 1.09 bits per heavy atom. The van der Waals surface area contributed by atoms with Crippen LogP contribution in [0.3, 0.4) is 0 Å². The molecule has 0 N–H and O–H groups in total. The molecule has 0 bridgehead atoms. The predicted molar refractivity (Wildman–Crippen MR) is 92.2 cm³/mol. The zero-order valence-electron chi connectivity index (χ0n) is 14.7. The van der Waals surface area contributed by atoms with Crippen LogP contribution < -0.4 is 9.47 Å². The molecule has 1 aromatic heterocycles. The molecule has 0 aliphatic heterocycles. The van der Waals surface area contributed by atoms with Crippen LogP contribution in [0.1, 0.15) is 42.3 Å². The van der Waals surface area contributed by atoms with Gasteiger partial charge in [0.2, 0.25) is 5.88 Å². The van der Waals surface area contributed by atoms with Gasteiger partial charge in [-0.1, -0.05) is 24.6 Å². The van der Waals surface area contributed by atoms with Crippen LogP contribution in [0.4, 0.5) is 0 Å². The largest absolute Gasteiger partial charge is 0.493 e. The van der Waals surface area contributed by atoms with E-state index >= 15 is 0 Å². The van der Waals surface area contributed by atoms with Gasteiger partial charge in [-0.25, -0.2) is 4.98 Å². The summed E-state index contributed by atoms with van der Waals surface area (Å²) in [6.45, 7) is 10.7. The number of aryl methyl sites for hydroxylation is 4. The van der Waals surface area contributed by atoms with Crippen LogP contribution in [-0.4, -0.2) is 22.7 Å². The number of nitrogens with zero attached hydrogens (tertiary/aromatic N) is 2. The molecule has 2 aromatic rings. The van der Waals surface area contributed by atoms with Crippen LogP contribution in [0.2, 0.25) is 0 Å². The molecule has 124 valence electrons. The smallest absolute Gasteiger partial charge is 0.219 e. The van der Waals surface area contributed by atoms with Crippen LogP contribution in [0, 0.1) is 27.7 Å². The van der Waals surface area contributed by atoms with Gasteiger partial charge in [-0.3, -0.25) is 0 Å². The fourth-order valence-electron chi connectivity index (χ4n) is 2.39. The maximum Gasteiger partial charge on any atom is 0.219 e. The average Bonchev–Trinajstić information content (AvgIpc) is 2.51. The SMILES string of the molecule is CCC(CCOc1ccc(C)cc1C)Oc1nc(C)ncc1C. The van der Waals surface area contributed by atoms with Crippen molar-refractivity contribution in [1.29, 1.82) is 0 Å². The molecule has 0 fully saturated rings. The average molecular weight is 314 g/mol. The lowest BCUT2D eigenvalue weighted by molar-refractivity contribution is 0.150. The minimum Gasteiger partial charge on any atom is -0.493 e. The minimum absolute atomic E-state index is 0.0914. The van der Waals surface area contributed by atoms with Crippen LogP contribution in [0.5, 0.6) is 11.6 Å². The Kier molecular flexibility index (Phi) is 5.97. The third kappa shape index (κ3) is 4.95. The van der Waals surface area contributed by atoms with Gasteiger partial charge < -0.3 is 9.47 Å². The van der Waals surface area contributed by atoms with Crippen molar-refractivity contribution in [3.8, 4) is 11.6 Å². The molecule has 2 rings (SSSR count). The Morgan fingerprint density at radius 3 is 2.57 bits per heavy atom. The first-order valence-electron chi connectivity index (χ1n) is 8.16. The highest BCUT2D eigenvalue weighted by atomic mass is 16.5. The first-order valence-corrected chi connectivity index (χ1v) is 8.16. The topological polar surface area (TPSA) is 44.2 Å². The second kappa shape index (κ2) is 7.95. The molecule has 0 amide bonds. The molecule has 4 heteroatoms. The summed E-state index contributed by atoms with van der Waals surface area (Å²) < 4.78 is 11.9. The molecular weight excluding hydrogens is 288 g/mol. The van der Waals surface area contributed by atoms with Crippen molar-refractivity contribution in [1.82, 2.24) is 9.97 Å². The molecule has 0 radical (unpaired) electrons. The van der Waals surface area contributed by atoms with Crippen molar-refractivity contribution in [2.75, 3.05) is 6.61 Å². The van der Waals surface area contributed by atoms with Gasteiger partial charge in [0.15, 0.2) is 0 Å². The molecule has 1 aromatic carbocycles. The van der Waals surface area contributed by atoms with Gasteiger partial charge in [0.05, 0.1) is 6.61 Å². The Morgan fingerprint density at radius 2 is 1.87 bits per heavy atom. The highest BCUT2D eigenvalue weighted by molar-refractivity contribution is 5.35. The second-order valence-electron chi connectivity index (χ2n) is 5.96. The van der Waals surface area contributed by atoms with E-state index in [-0.39, 0.29) is 6.10 Å². The third-order valence-corrected chi connectivity index (χ3v) is 3.81. The summed E-state index contributed by atoms with van der Waals surface area (Å²) in [5.41, 5.74) is 3.38. The van der Waals surface area contributed by atoms with Gasteiger partial charge in [0, 0.05) is 18.2 Å². The van der Waals surface area contributed by atoms with E-state index in [1.54, 1.807) is 6.20 Å². The maximum atomic E-state index is 6.03. The molecule has 0 saturated carbocycles. The molecule has 1 heterocycles. The maximum absolute atomic E-state index is 6.03. The van der Waals surface area contributed by atoms with Crippen LogP contribution in [0.15, 0.2) is 24.4 Å². The summed E-state index contributed by atoms with van der Waals surface area (Å²) in [7, 11) is 0. The fourth-order valence-corrected chi connectivity index (χ4v) is 2.39. The Labute approximate surface area is 138 Å². The highest BCUT2D eigenvalue weighted by Gasteiger charge is 2.12. The van der Waals surface area contributed by atoms with E-state index in [4.69, 9.17) is 9.47 Å². The monoisotopic (exact) mass is 314 g/mol. The molecule has 0 spiro atoms. The van der Waals surface area contributed by atoms with Crippen LogP contribution in [0.25, 0.3) is 0 Å². The van der Waals surface area contributed by atoms with E-state index in [0.29, 0.717) is 12.5 Å². The predicted octanol–water partition coefficient (Wildman–Crippen LogP) is 4.34. The van der Waals surface area contributed by atoms with Crippen molar-refractivity contribution in [2.45, 2.75) is 53.6 Å². The van der Waals surface area contributed by atoms with Crippen molar-refractivity contribution in [2.24, 2.45) is 0 Å². The molecule has 0 aliphatic carbocycles. The standard InChI is InChI=1S/C19H26N2O2/c1-6-17(23-19-15(4)12-20-16(5)21-19)9-10-22-18-8-7-13(2)11-14(18)3/h7-8,11-12,17H,6,9-10H2,1-5H3. The number of hydrogen-bond acceptors (Lipinski definition) is 4. The lowest BCUT2D eigenvalue weighted by Gasteiger charge is -2.19. The quantitative estimate of drug-likeness (QED) is 0.762. The summed E-state index contributed by atoms with van der Waals surface area (Å²) in [5.74, 6) is 2.35. The highest BCUT2D eigenvalue weighted by Crippen LogP contribution is 2.20. The van der Waals surface area contributed by atoms with Gasteiger partial charge in [0.1, 0.15) is 17.7 Å². The van der Waals surface area contributed by atoms with E-state index in [9.17, 15) is 0 Å². The summed E-state index contributed by atoms with van der Waals surface area (Å²) in [5, 5.41) is 0. The molecule has 1 unspecified atom stereocenters. The number of hydrogen-bond donors (Lipinski definition) is 0. The Bertz CT molecular complexity index is 656. The first-order chi connectivity index (χ1) is 11.0. The van der Waals surface area contributed by atoms with E-state index in [2.05, 4.69) is 42.9 Å². The van der Waals surface area contributed by atoms with E-state index < -0.39 is 0 Å². The number of rotatable bonds is 7. The number of ether oxygens (including phenoxy) is 2. The zero-order valence-corrected chi connectivity index (χ0v) is 14.7. The summed E-state index contributed by atoms with van der Waals surface area (Å²) in [6, 6.07) is 6.24. The number of benzene rings is 1. The summed E-state index contributed by atoms with van der Waals surface area (Å²) in [6.07, 6.45) is 3.63. The molecular formula is C19H26N2O2.